The molecule has 1 aliphatic carbocycles. The number of imidazole rings is 1. The third-order valence-corrected chi connectivity index (χ3v) is 6.43. The van der Waals surface area contributed by atoms with Gasteiger partial charge in [0.15, 0.2) is 0 Å². The lowest BCUT2D eigenvalue weighted by Gasteiger charge is -2.24. The Morgan fingerprint density at radius 2 is 1.80 bits per heavy atom. The van der Waals surface area contributed by atoms with Crippen molar-refractivity contribution < 1.29 is 14.3 Å². The number of hydrogen-bond donors (Lipinski definition) is 1. The number of ether oxygens (including phenoxy) is 2. The average Bonchev–Trinajstić information content (AvgIpc) is 3.22. The molecule has 6 nitrogen and oxygen atoms in total. The number of fused-ring (bicyclic) bond motifs is 1. The highest BCUT2D eigenvalue weighted by Gasteiger charge is 2.22. The van der Waals surface area contributed by atoms with Crippen LogP contribution in [0.4, 0.5) is 5.82 Å². The molecule has 6 heteroatoms. The van der Waals surface area contributed by atoms with E-state index in [-0.39, 0.29) is 6.61 Å². The number of carbonyl (C=O) groups excluding carboxylic acids is 1. The zero-order valence-corrected chi connectivity index (χ0v) is 20.1. The number of anilines is 1. The molecule has 0 saturated heterocycles. The van der Waals surface area contributed by atoms with Gasteiger partial charge in [-0.15, -0.1) is 0 Å². The molecule has 2 heterocycles. The van der Waals surface area contributed by atoms with Gasteiger partial charge in [-0.25, -0.2) is 9.78 Å². The number of para-hydroxylation sites is 1. The van der Waals surface area contributed by atoms with E-state index in [9.17, 15) is 4.79 Å². The molecular formula is C29H31N3O3. The molecule has 0 unspecified atom stereocenters. The molecule has 0 aliphatic heterocycles. The second kappa shape index (κ2) is 10.7. The first-order chi connectivity index (χ1) is 17.2. The van der Waals surface area contributed by atoms with Gasteiger partial charge in [0, 0.05) is 17.8 Å². The molecule has 180 valence electrons. The fourth-order valence-corrected chi connectivity index (χ4v) is 4.64. The van der Waals surface area contributed by atoms with E-state index >= 15 is 0 Å². The third kappa shape index (κ3) is 5.54. The summed E-state index contributed by atoms with van der Waals surface area (Å²) in [5.74, 6) is 0.984. The third-order valence-electron chi connectivity index (χ3n) is 6.43. The van der Waals surface area contributed by atoms with Crippen molar-refractivity contribution in [3.8, 4) is 17.0 Å². The lowest BCUT2D eigenvalue weighted by molar-refractivity contribution is -0.139. The minimum Gasteiger partial charge on any atom is -0.424 e. The largest absolute Gasteiger partial charge is 0.424 e. The predicted octanol–water partition coefficient (Wildman–Crippen LogP) is 6.18. The summed E-state index contributed by atoms with van der Waals surface area (Å²) < 4.78 is 13.4. The smallest absolute Gasteiger partial charge is 0.337 e. The van der Waals surface area contributed by atoms with Crippen LogP contribution in [0.3, 0.4) is 0 Å². The van der Waals surface area contributed by atoms with Crippen LogP contribution in [0, 0.1) is 6.92 Å². The maximum absolute atomic E-state index is 12.6. The molecule has 35 heavy (non-hydrogen) atoms. The summed E-state index contributed by atoms with van der Waals surface area (Å²) in [5.41, 5.74) is 4.59. The molecular weight excluding hydrogens is 438 g/mol. The summed E-state index contributed by atoms with van der Waals surface area (Å²) in [6.45, 7) is 2.30. The van der Waals surface area contributed by atoms with Crippen LogP contribution in [0.15, 0.2) is 72.9 Å². The van der Waals surface area contributed by atoms with Crippen LogP contribution in [-0.4, -0.2) is 28.0 Å². The Labute approximate surface area is 205 Å². The number of nitrogens with one attached hydrogen (secondary N) is 1. The first kappa shape index (κ1) is 23.1. The highest BCUT2D eigenvalue weighted by molar-refractivity contribution is 5.83. The van der Waals surface area contributed by atoms with Gasteiger partial charge in [-0.1, -0.05) is 61.7 Å². The fourth-order valence-electron chi connectivity index (χ4n) is 4.64. The van der Waals surface area contributed by atoms with Crippen LogP contribution in [0.25, 0.3) is 16.9 Å². The van der Waals surface area contributed by atoms with Crippen molar-refractivity contribution in [1.29, 1.82) is 0 Å². The number of rotatable bonds is 8. The van der Waals surface area contributed by atoms with Crippen molar-refractivity contribution >= 4 is 17.4 Å². The first-order valence-corrected chi connectivity index (χ1v) is 12.3. The van der Waals surface area contributed by atoms with E-state index in [2.05, 4.69) is 35.0 Å². The zero-order valence-electron chi connectivity index (χ0n) is 20.1. The number of pyridine rings is 1. The SMILES string of the molecule is Cc1ccn2c(NC3CCCCC3)c(-c3ccccc3OC(=O)COCc3ccccc3)nc2c1. The van der Waals surface area contributed by atoms with Crippen LogP contribution < -0.4 is 10.1 Å². The fraction of sp³-hybridized carbons (Fsp3) is 0.310. The molecule has 0 spiro atoms. The Hall–Kier alpha value is -3.64. The second-order valence-corrected chi connectivity index (χ2v) is 9.17. The summed E-state index contributed by atoms with van der Waals surface area (Å²) in [5, 5.41) is 3.76. The normalized spacial score (nSPS) is 14.2. The molecule has 2 aromatic carbocycles. The minimum absolute atomic E-state index is 0.124. The van der Waals surface area contributed by atoms with Gasteiger partial charge in [0.25, 0.3) is 0 Å². The summed E-state index contributed by atoms with van der Waals surface area (Å²) in [4.78, 5) is 17.6. The highest BCUT2D eigenvalue weighted by Crippen LogP contribution is 2.36. The second-order valence-electron chi connectivity index (χ2n) is 9.17. The topological polar surface area (TPSA) is 64.9 Å². The van der Waals surface area contributed by atoms with Gasteiger partial charge in [0.2, 0.25) is 0 Å². The van der Waals surface area contributed by atoms with E-state index in [0.29, 0.717) is 18.4 Å². The van der Waals surface area contributed by atoms with Crippen LogP contribution >= 0.6 is 0 Å². The summed E-state index contributed by atoms with van der Waals surface area (Å²) in [6.07, 6.45) is 8.11. The Morgan fingerprint density at radius 1 is 1.03 bits per heavy atom. The summed E-state index contributed by atoms with van der Waals surface area (Å²) in [7, 11) is 0. The Balaban J connectivity index is 1.39. The number of carbonyl (C=O) groups is 1. The molecule has 5 rings (SSSR count). The van der Waals surface area contributed by atoms with Gasteiger partial charge in [-0.2, -0.15) is 0 Å². The molecule has 0 bridgehead atoms. The number of aryl methyl sites for hydroxylation is 1. The molecule has 1 fully saturated rings. The molecule has 0 amide bonds. The maximum Gasteiger partial charge on any atom is 0.337 e. The molecule has 4 aromatic rings. The maximum atomic E-state index is 12.6. The Bertz CT molecular complexity index is 1290. The quantitative estimate of drug-likeness (QED) is 0.247. The van der Waals surface area contributed by atoms with Gasteiger partial charge in [-0.3, -0.25) is 4.40 Å². The molecule has 1 saturated carbocycles. The molecule has 0 atom stereocenters. The summed E-state index contributed by atoms with van der Waals surface area (Å²) >= 11 is 0. The van der Waals surface area contributed by atoms with Crippen molar-refractivity contribution in [3.05, 3.63) is 84.1 Å². The predicted molar refractivity (Wildman–Crippen MR) is 138 cm³/mol. The lowest BCUT2D eigenvalue weighted by atomic mass is 9.95. The van der Waals surface area contributed by atoms with Gasteiger partial charge in [0.05, 0.1) is 6.61 Å². The van der Waals surface area contributed by atoms with E-state index in [0.717, 1.165) is 46.7 Å². The van der Waals surface area contributed by atoms with E-state index in [1.54, 1.807) is 0 Å². The van der Waals surface area contributed by atoms with E-state index in [1.165, 1.54) is 19.3 Å². The van der Waals surface area contributed by atoms with Gasteiger partial charge < -0.3 is 14.8 Å². The van der Waals surface area contributed by atoms with Crippen molar-refractivity contribution in [2.24, 2.45) is 0 Å². The Morgan fingerprint density at radius 3 is 2.63 bits per heavy atom. The van der Waals surface area contributed by atoms with Crippen LogP contribution in [0.2, 0.25) is 0 Å². The number of nitrogens with zero attached hydrogens (tertiary/aromatic N) is 2. The molecule has 2 aromatic heterocycles. The van der Waals surface area contributed by atoms with Crippen LogP contribution in [0.1, 0.15) is 43.2 Å². The average molecular weight is 470 g/mol. The number of aromatic nitrogens is 2. The highest BCUT2D eigenvalue weighted by atomic mass is 16.6. The van der Waals surface area contributed by atoms with Crippen molar-refractivity contribution in [2.45, 2.75) is 51.7 Å². The first-order valence-electron chi connectivity index (χ1n) is 12.3. The number of esters is 1. The van der Waals surface area contributed by atoms with Gasteiger partial charge in [0.1, 0.15) is 29.5 Å². The zero-order chi connectivity index (χ0) is 24.0. The van der Waals surface area contributed by atoms with Crippen molar-refractivity contribution in [2.75, 3.05) is 11.9 Å². The van der Waals surface area contributed by atoms with Crippen molar-refractivity contribution in [3.63, 3.8) is 0 Å². The summed E-state index contributed by atoms with van der Waals surface area (Å²) in [6, 6.07) is 21.9. The van der Waals surface area contributed by atoms with Crippen LogP contribution in [-0.2, 0) is 16.1 Å². The van der Waals surface area contributed by atoms with E-state index in [1.807, 2.05) is 54.6 Å². The van der Waals surface area contributed by atoms with Gasteiger partial charge >= 0.3 is 5.97 Å². The van der Waals surface area contributed by atoms with Crippen LogP contribution in [0.5, 0.6) is 5.75 Å². The molecule has 0 radical (unpaired) electrons. The molecule has 1 aliphatic rings. The van der Waals surface area contributed by atoms with E-state index in [4.69, 9.17) is 14.5 Å². The molecule has 1 N–H and O–H groups in total. The number of hydrogen-bond acceptors (Lipinski definition) is 5. The monoisotopic (exact) mass is 469 g/mol. The standard InChI is InChI=1S/C29H31N3O3/c1-21-16-17-32-26(18-21)31-28(29(32)30-23-12-6-3-7-13-23)24-14-8-9-15-25(24)35-27(33)20-34-19-22-10-4-2-5-11-22/h2,4-5,8-11,14-18,23,30H,3,6-7,12-13,19-20H2,1H3. The number of benzene rings is 2. The van der Waals surface area contributed by atoms with Crippen molar-refractivity contribution in [1.82, 2.24) is 9.38 Å². The Kier molecular flexibility index (Phi) is 7.09. The lowest BCUT2D eigenvalue weighted by Crippen LogP contribution is -2.23. The minimum atomic E-state index is -0.435. The van der Waals surface area contributed by atoms with Gasteiger partial charge in [-0.05, 0) is 55.2 Å². The van der Waals surface area contributed by atoms with E-state index < -0.39 is 5.97 Å².